The second kappa shape index (κ2) is 7.74. The van der Waals surface area contributed by atoms with E-state index in [2.05, 4.69) is 5.32 Å². The third-order valence-electron chi connectivity index (χ3n) is 3.93. The Labute approximate surface area is 155 Å². The zero-order chi connectivity index (χ0) is 18.7. The molecule has 1 fully saturated rings. The number of amides is 2. The molecule has 0 heterocycles. The molecule has 0 aliphatic heterocycles. The monoisotopic (exact) mass is 376 g/mol. The van der Waals surface area contributed by atoms with Gasteiger partial charge in [0.1, 0.15) is 11.6 Å². The van der Waals surface area contributed by atoms with Crippen LogP contribution in [0.15, 0.2) is 42.5 Å². The number of halogens is 2. The minimum atomic E-state index is -0.498. The fourth-order valence-corrected chi connectivity index (χ4v) is 2.77. The zero-order valence-electron chi connectivity index (χ0n) is 14.2. The van der Waals surface area contributed by atoms with E-state index in [1.54, 1.807) is 29.2 Å². The van der Waals surface area contributed by atoms with Gasteiger partial charge in [0, 0.05) is 18.0 Å². The van der Waals surface area contributed by atoms with E-state index in [9.17, 15) is 14.0 Å². The van der Waals surface area contributed by atoms with Crippen LogP contribution < -0.4 is 15.0 Å². The summed E-state index contributed by atoms with van der Waals surface area (Å²) in [6.07, 6.45) is 1.79. The fraction of sp³-hybridized carbons (Fsp3) is 0.263. The molecule has 2 aromatic rings. The van der Waals surface area contributed by atoms with Crippen LogP contribution in [0.1, 0.15) is 19.8 Å². The molecule has 3 rings (SSSR count). The summed E-state index contributed by atoms with van der Waals surface area (Å²) in [4.78, 5) is 25.8. The minimum Gasteiger partial charge on any atom is -0.484 e. The Morgan fingerprint density at radius 2 is 1.92 bits per heavy atom. The Morgan fingerprint density at radius 1 is 1.23 bits per heavy atom. The van der Waals surface area contributed by atoms with Gasteiger partial charge in [0.2, 0.25) is 5.91 Å². The van der Waals surface area contributed by atoms with Crippen molar-refractivity contribution in [2.45, 2.75) is 25.8 Å². The number of rotatable bonds is 6. The summed E-state index contributed by atoms with van der Waals surface area (Å²) in [6, 6.07) is 10.7. The van der Waals surface area contributed by atoms with Crippen LogP contribution >= 0.6 is 11.6 Å². The molecule has 1 aliphatic carbocycles. The number of anilines is 2. The molecule has 5 nitrogen and oxygen atoms in total. The van der Waals surface area contributed by atoms with Gasteiger partial charge in [-0.1, -0.05) is 11.6 Å². The first kappa shape index (κ1) is 18.2. The maximum absolute atomic E-state index is 13.7. The van der Waals surface area contributed by atoms with Gasteiger partial charge in [-0.2, -0.15) is 0 Å². The summed E-state index contributed by atoms with van der Waals surface area (Å²) in [5, 5.41) is 3.19. The van der Waals surface area contributed by atoms with Crippen LogP contribution in [0.4, 0.5) is 15.8 Å². The van der Waals surface area contributed by atoms with E-state index in [0.29, 0.717) is 16.5 Å². The molecule has 0 aromatic heterocycles. The molecule has 0 radical (unpaired) electrons. The molecule has 0 atom stereocenters. The van der Waals surface area contributed by atoms with Crippen molar-refractivity contribution in [1.29, 1.82) is 0 Å². The summed E-state index contributed by atoms with van der Waals surface area (Å²) in [6.45, 7) is 1.21. The Morgan fingerprint density at radius 3 is 2.54 bits per heavy atom. The molecule has 0 unspecified atom stereocenters. The summed E-state index contributed by atoms with van der Waals surface area (Å²) in [5.74, 6) is -0.604. The lowest BCUT2D eigenvalue weighted by Crippen LogP contribution is -2.32. The lowest BCUT2D eigenvalue weighted by atomic mass is 10.2. The van der Waals surface area contributed by atoms with E-state index in [1.165, 1.54) is 25.1 Å². The fourth-order valence-electron chi connectivity index (χ4n) is 2.64. The molecule has 1 N–H and O–H groups in total. The molecule has 7 heteroatoms. The topological polar surface area (TPSA) is 58.6 Å². The molecule has 26 heavy (non-hydrogen) atoms. The quantitative estimate of drug-likeness (QED) is 0.828. The average molecular weight is 377 g/mol. The van der Waals surface area contributed by atoms with Crippen LogP contribution in [0, 0.1) is 5.82 Å². The molecule has 1 saturated carbocycles. The zero-order valence-corrected chi connectivity index (χ0v) is 14.9. The van der Waals surface area contributed by atoms with Crippen molar-refractivity contribution < 1.29 is 18.7 Å². The average Bonchev–Trinajstić information content (AvgIpc) is 3.41. The van der Waals surface area contributed by atoms with Gasteiger partial charge >= 0.3 is 0 Å². The summed E-state index contributed by atoms with van der Waals surface area (Å²) in [7, 11) is 0. The van der Waals surface area contributed by atoms with Crippen molar-refractivity contribution in [3.63, 3.8) is 0 Å². The first-order valence-corrected chi connectivity index (χ1v) is 8.59. The minimum absolute atomic E-state index is 0.0962. The predicted octanol–water partition coefficient (Wildman–Crippen LogP) is 4.01. The summed E-state index contributed by atoms with van der Waals surface area (Å²) < 4.78 is 19.1. The van der Waals surface area contributed by atoms with Gasteiger partial charge in [0.15, 0.2) is 6.61 Å². The van der Waals surface area contributed by atoms with E-state index in [0.717, 1.165) is 12.8 Å². The number of carbonyl (C=O) groups excluding carboxylic acids is 2. The lowest BCUT2D eigenvalue weighted by Gasteiger charge is -2.24. The second-order valence-corrected chi connectivity index (χ2v) is 6.51. The predicted molar refractivity (Wildman–Crippen MR) is 98.2 cm³/mol. The van der Waals surface area contributed by atoms with Gasteiger partial charge in [-0.3, -0.25) is 9.59 Å². The molecule has 0 spiro atoms. The molecule has 136 valence electrons. The second-order valence-electron chi connectivity index (χ2n) is 6.07. The molecule has 0 saturated heterocycles. The lowest BCUT2D eigenvalue weighted by molar-refractivity contribution is -0.118. The van der Waals surface area contributed by atoms with Crippen LogP contribution in [0.3, 0.4) is 0 Å². The van der Waals surface area contributed by atoms with Gasteiger partial charge in [-0.25, -0.2) is 4.39 Å². The molecular formula is C19H18ClFN2O3. The molecule has 1 aliphatic rings. The van der Waals surface area contributed by atoms with Gasteiger partial charge in [0.25, 0.3) is 5.91 Å². The SMILES string of the molecule is CC(=O)N(c1ccc(F)cc1NC(=O)COc1ccc(Cl)cc1)C1CC1. The van der Waals surface area contributed by atoms with Crippen LogP contribution in [-0.4, -0.2) is 24.5 Å². The van der Waals surface area contributed by atoms with E-state index in [4.69, 9.17) is 16.3 Å². The molecule has 2 amide bonds. The number of nitrogens with one attached hydrogen (secondary N) is 1. The smallest absolute Gasteiger partial charge is 0.262 e. The van der Waals surface area contributed by atoms with E-state index >= 15 is 0 Å². The third kappa shape index (κ3) is 4.52. The van der Waals surface area contributed by atoms with Gasteiger partial charge < -0.3 is 15.0 Å². The standard InChI is InChI=1S/C19H18ClFN2O3/c1-12(24)23(15-5-6-15)18-9-4-14(21)10-17(18)22-19(25)11-26-16-7-2-13(20)3-8-16/h2-4,7-10,15H,5-6,11H2,1H3,(H,22,25). The summed E-state index contributed by atoms with van der Waals surface area (Å²) in [5.41, 5.74) is 0.734. The van der Waals surface area contributed by atoms with Crippen molar-refractivity contribution >= 4 is 34.8 Å². The first-order chi connectivity index (χ1) is 12.4. The van der Waals surface area contributed by atoms with Crippen LogP contribution in [0.2, 0.25) is 5.02 Å². The van der Waals surface area contributed by atoms with Crippen LogP contribution in [0.25, 0.3) is 0 Å². The highest BCUT2D eigenvalue weighted by Crippen LogP contribution is 2.36. The number of ether oxygens (including phenoxy) is 1. The molecular weight excluding hydrogens is 359 g/mol. The van der Waals surface area contributed by atoms with Crippen molar-refractivity contribution in [2.24, 2.45) is 0 Å². The van der Waals surface area contributed by atoms with Gasteiger partial charge in [-0.05, 0) is 55.3 Å². The summed E-state index contributed by atoms with van der Waals surface area (Å²) >= 11 is 5.80. The third-order valence-corrected chi connectivity index (χ3v) is 4.18. The van der Waals surface area contributed by atoms with E-state index < -0.39 is 11.7 Å². The Bertz CT molecular complexity index is 822. The first-order valence-electron chi connectivity index (χ1n) is 8.21. The Kier molecular flexibility index (Phi) is 5.42. The van der Waals surface area contributed by atoms with Crippen LogP contribution in [-0.2, 0) is 9.59 Å². The largest absolute Gasteiger partial charge is 0.484 e. The number of hydrogen-bond acceptors (Lipinski definition) is 3. The van der Waals surface area contributed by atoms with E-state index in [1.807, 2.05) is 0 Å². The van der Waals surface area contributed by atoms with Gasteiger partial charge in [-0.15, -0.1) is 0 Å². The highest BCUT2D eigenvalue weighted by Gasteiger charge is 2.33. The number of nitrogens with zero attached hydrogens (tertiary/aromatic N) is 1. The van der Waals surface area contributed by atoms with Crippen LogP contribution in [0.5, 0.6) is 5.75 Å². The Balaban J connectivity index is 1.71. The maximum atomic E-state index is 13.7. The van der Waals surface area contributed by atoms with E-state index in [-0.39, 0.29) is 24.2 Å². The molecule has 0 bridgehead atoms. The highest BCUT2D eigenvalue weighted by atomic mass is 35.5. The van der Waals surface area contributed by atoms with Crippen molar-refractivity contribution in [1.82, 2.24) is 0 Å². The number of benzene rings is 2. The van der Waals surface area contributed by atoms with Crippen molar-refractivity contribution in [2.75, 3.05) is 16.8 Å². The molecule has 2 aromatic carbocycles. The normalized spacial score (nSPS) is 13.2. The van der Waals surface area contributed by atoms with Crippen molar-refractivity contribution in [3.8, 4) is 5.75 Å². The number of hydrogen-bond donors (Lipinski definition) is 1. The number of carbonyl (C=O) groups is 2. The Hall–Kier alpha value is -2.60. The van der Waals surface area contributed by atoms with Gasteiger partial charge in [0.05, 0.1) is 11.4 Å². The van der Waals surface area contributed by atoms with Crippen molar-refractivity contribution in [3.05, 3.63) is 53.3 Å². The maximum Gasteiger partial charge on any atom is 0.262 e. The highest BCUT2D eigenvalue weighted by molar-refractivity contribution is 6.30.